The van der Waals surface area contributed by atoms with Crippen LogP contribution >= 0.6 is 0 Å². The van der Waals surface area contributed by atoms with Gasteiger partial charge in [0.05, 0.1) is 11.3 Å². The second-order valence-corrected chi connectivity index (χ2v) is 6.29. The Morgan fingerprint density at radius 3 is 2.58 bits per heavy atom. The topological polar surface area (TPSA) is 92.4 Å². The third kappa shape index (κ3) is 2.91. The average Bonchev–Trinajstić information content (AvgIpc) is 2.71. The Bertz CT molecular complexity index is 372. The number of carbonyl (C=O) groups excluding carboxylic acids is 1. The summed E-state index contributed by atoms with van der Waals surface area (Å²) in [4.78, 5) is 23.4. The van der Waals surface area contributed by atoms with Gasteiger partial charge in [-0.2, -0.15) is 0 Å². The van der Waals surface area contributed by atoms with Crippen LogP contribution in [-0.4, -0.2) is 29.1 Å². The van der Waals surface area contributed by atoms with Crippen LogP contribution in [0.25, 0.3) is 0 Å². The average molecular weight is 268 g/mol. The first kappa shape index (κ1) is 14.3. The van der Waals surface area contributed by atoms with Crippen molar-refractivity contribution in [2.24, 2.45) is 17.1 Å². The van der Waals surface area contributed by atoms with Gasteiger partial charge in [0, 0.05) is 12.1 Å². The van der Waals surface area contributed by atoms with Gasteiger partial charge in [-0.25, -0.2) is 0 Å². The predicted octanol–water partition coefficient (Wildman–Crippen LogP) is 1.26. The van der Waals surface area contributed by atoms with Crippen molar-refractivity contribution in [3.63, 3.8) is 0 Å². The molecule has 0 saturated heterocycles. The van der Waals surface area contributed by atoms with Crippen LogP contribution in [0, 0.1) is 11.3 Å². The number of carboxylic acids is 1. The third-order valence-electron chi connectivity index (χ3n) is 4.91. The predicted molar refractivity (Wildman–Crippen MR) is 71.5 cm³/mol. The molecule has 0 radical (unpaired) electrons. The summed E-state index contributed by atoms with van der Waals surface area (Å²) in [5, 5.41) is 12.1. The van der Waals surface area contributed by atoms with Crippen molar-refractivity contribution in [3.05, 3.63) is 0 Å². The summed E-state index contributed by atoms with van der Waals surface area (Å²) in [5.41, 5.74) is 5.56. The molecule has 0 bridgehead atoms. The summed E-state index contributed by atoms with van der Waals surface area (Å²) < 4.78 is 0. The summed E-state index contributed by atoms with van der Waals surface area (Å²) in [5.74, 6) is -1.06. The van der Waals surface area contributed by atoms with Gasteiger partial charge in [-0.3, -0.25) is 9.59 Å². The van der Waals surface area contributed by atoms with Crippen LogP contribution in [0.4, 0.5) is 0 Å². The van der Waals surface area contributed by atoms with E-state index in [1.165, 1.54) is 0 Å². The van der Waals surface area contributed by atoms with Crippen LogP contribution in [0.2, 0.25) is 0 Å². The molecule has 4 N–H and O–H groups in total. The van der Waals surface area contributed by atoms with Gasteiger partial charge in [-0.1, -0.05) is 12.8 Å². The van der Waals surface area contributed by atoms with Gasteiger partial charge in [-0.05, 0) is 39.0 Å². The molecule has 2 saturated carbocycles. The fourth-order valence-electron chi connectivity index (χ4n) is 3.37. The van der Waals surface area contributed by atoms with E-state index in [1.807, 2.05) is 6.92 Å². The number of aliphatic carboxylic acids is 1. The SMILES string of the molecule is CC1(C(=O)NC2CCCC(C(=O)O)C2)CCCC1N. The lowest BCUT2D eigenvalue weighted by Gasteiger charge is -2.33. The van der Waals surface area contributed by atoms with E-state index >= 15 is 0 Å². The first-order valence-corrected chi connectivity index (χ1v) is 7.23. The monoisotopic (exact) mass is 268 g/mol. The van der Waals surface area contributed by atoms with Crippen molar-refractivity contribution < 1.29 is 14.7 Å². The molecule has 1 amide bonds. The molecular weight excluding hydrogens is 244 g/mol. The number of nitrogens with two attached hydrogens (primary N) is 1. The highest BCUT2D eigenvalue weighted by Gasteiger charge is 2.43. The molecule has 5 nitrogen and oxygen atoms in total. The molecule has 0 aromatic rings. The van der Waals surface area contributed by atoms with Crippen LogP contribution in [0.1, 0.15) is 51.9 Å². The molecule has 0 spiro atoms. The Balaban J connectivity index is 1.93. The second kappa shape index (κ2) is 5.49. The van der Waals surface area contributed by atoms with Gasteiger partial charge >= 0.3 is 5.97 Å². The highest BCUT2D eigenvalue weighted by Crippen LogP contribution is 2.37. The molecule has 2 aliphatic carbocycles. The van der Waals surface area contributed by atoms with Gasteiger partial charge in [0.2, 0.25) is 5.91 Å². The van der Waals surface area contributed by atoms with E-state index in [-0.39, 0.29) is 23.9 Å². The van der Waals surface area contributed by atoms with Gasteiger partial charge in [0.1, 0.15) is 0 Å². The van der Waals surface area contributed by atoms with E-state index in [0.717, 1.165) is 38.5 Å². The maximum absolute atomic E-state index is 12.4. The van der Waals surface area contributed by atoms with Gasteiger partial charge in [-0.15, -0.1) is 0 Å². The van der Waals surface area contributed by atoms with Crippen LogP contribution < -0.4 is 11.1 Å². The quantitative estimate of drug-likeness (QED) is 0.718. The van der Waals surface area contributed by atoms with E-state index in [2.05, 4.69) is 5.32 Å². The van der Waals surface area contributed by atoms with Gasteiger partial charge < -0.3 is 16.2 Å². The Morgan fingerprint density at radius 2 is 2.00 bits per heavy atom. The summed E-state index contributed by atoms with van der Waals surface area (Å²) in [6.45, 7) is 1.93. The Labute approximate surface area is 113 Å². The van der Waals surface area contributed by atoms with Crippen molar-refractivity contribution in [2.75, 3.05) is 0 Å². The molecule has 4 unspecified atom stereocenters. The Morgan fingerprint density at radius 1 is 1.26 bits per heavy atom. The highest BCUT2D eigenvalue weighted by atomic mass is 16.4. The zero-order valence-corrected chi connectivity index (χ0v) is 11.5. The number of hydrogen-bond donors (Lipinski definition) is 3. The molecule has 0 aliphatic heterocycles. The number of amides is 1. The molecule has 5 heteroatoms. The number of carboxylic acid groups (broad SMARTS) is 1. The summed E-state index contributed by atoms with van der Waals surface area (Å²) >= 11 is 0. The molecule has 2 aliphatic rings. The normalized spacial score (nSPS) is 38.9. The van der Waals surface area contributed by atoms with Crippen LogP contribution in [0.3, 0.4) is 0 Å². The number of carbonyl (C=O) groups is 2. The molecule has 4 atom stereocenters. The summed E-state index contributed by atoms with van der Waals surface area (Å²) in [6, 6.07) is -0.0849. The zero-order chi connectivity index (χ0) is 14.0. The fourth-order valence-corrected chi connectivity index (χ4v) is 3.37. The van der Waals surface area contributed by atoms with Crippen LogP contribution in [0.5, 0.6) is 0 Å². The molecule has 0 aromatic carbocycles. The van der Waals surface area contributed by atoms with E-state index < -0.39 is 11.4 Å². The van der Waals surface area contributed by atoms with E-state index in [0.29, 0.717) is 6.42 Å². The lowest BCUT2D eigenvalue weighted by atomic mass is 9.82. The van der Waals surface area contributed by atoms with Crippen LogP contribution in [-0.2, 0) is 9.59 Å². The van der Waals surface area contributed by atoms with E-state index in [1.54, 1.807) is 0 Å². The van der Waals surface area contributed by atoms with E-state index in [4.69, 9.17) is 10.8 Å². The number of hydrogen-bond acceptors (Lipinski definition) is 3. The minimum absolute atomic E-state index is 0.00743. The summed E-state index contributed by atoms with van der Waals surface area (Å²) in [6.07, 6.45) is 5.73. The zero-order valence-electron chi connectivity index (χ0n) is 11.5. The fraction of sp³-hybridized carbons (Fsp3) is 0.857. The molecule has 2 fully saturated rings. The van der Waals surface area contributed by atoms with Gasteiger partial charge in [0.25, 0.3) is 0 Å². The number of nitrogens with one attached hydrogen (secondary N) is 1. The Kier molecular flexibility index (Phi) is 4.13. The van der Waals surface area contributed by atoms with Gasteiger partial charge in [0.15, 0.2) is 0 Å². The number of rotatable bonds is 3. The third-order valence-corrected chi connectivity index (χ3v) is 4.91. The van der Waals surface area contributed by atoms with E-state index in [9.17, 15) is 9.59 Å². The molecule has 108 valence electrons. The van der Waals surface area contributed by atoms with Crippen LogP contribution in [0.15, 0.2) is 0 Å². The van der Waals surface area contributed by atoms with Crippen molar-refractivity contribution in [3.8, 4) is 0 Å². The van der Waals surface area contributed by atoms with Crippen molar-refractivity contribution in [1.82, 2.24) is 5.32 Å². The van der Waals surface area contributed by atoms with Crippen molar-refractivity contribution in [2.45, 2.75) is 64.0 Å². The second-order valence-electron chi connectivity index (χ2n) is 6.29. The molecule has 0 aromatic heterocycles. The maximum Gasteiger partial charge on any atom is 0.306 e. The summed E-state index contributed by atoms with van der Waals surface area (Å²) in [7, 11) is 0. The standard InChI is InChI=1S/C14H24N2O3/c1-14(7-3-6-11(14)15)13(19)16-10-5-2-4-9(8-10)12(17)18/h9-11H,2-8,15H2,1H3,(H,16,19)(H,17,18). The molecular formula is C14H24N2O3. The first-order valence-electron chi connectivity index (χ1n) is 7.23. The van der Waals surface area contributed by atoms with Crippen molar-refractivity contribution >= 4 is 11.9 Å². The largest absolute Gasteiger partial charge is 0.481 e. The minimum Gasteiger partial charge on any atom is -0.481 e. The highest BCUT2D eigenvalue weighted by molar-refractivity contribution is 5.83. The smallest absolute Gasteiger partial charge is 0.306 e. The maximum atomic E-state index is 12.4. The molecule has 19 heavy (non-hydrogen) atoms. The minimum atomic E-state index is -0.747. The lowest BCUT2D eigenvalue weighted by molar-refractivity contribution is -0.143. The lowest BCUT2D eigenvalue weighted by Crippen LogP contribution is -2.51. The molecule has 0 heterocycles. The molecule has 2 rings (SSSR count). The van der Waals surface area contributed by atoms with Crippen molar-refractivity contribution in [1.29, 1.82) is 0 Å². The first-order chi connectivity index (χ1) is 8.93. The Hall–Kier alpha value is -1.10.